The minimum Gasteiger partial charge on any atom is -0.508 e. The van der Waals surface area contributed by atoms with Gasteiger partial charge in [0, 0.05) is 30.7 Å². The smallest absolute Gasteiger partial charge is 0.331 e. The van der Waals surface area contributed by atoms with Gasteiger partial charge in [-0.3, -0.25) is 9.59 Å². The van der Waals surface area contributed by atoms with Crippen LogP contribution in [0.25, 0.3) is 28.4 Å². The quantitative estimate of drug-likeness (QED) is 0.0485. The van der Waals surface area contributed by atoms with Crippen LogP contribution in [0.5, 0.6) is 28.7 Å². The topological polar surface area (TPSA) is 399 Å². The van der Waals surface area contributed by atoms with E-state index in [1.165, 1.54) is 68.5 Å². The van der Waals surface area contributed by atoms with Crippen LogP contribution in [0.1, 0.15) is 26.3 Å². The lowest BCUT2D eigenvalue weighted by molar-refractivity contribution is -0.352. The summed E-state index contributed by atoms with van der Waals surface area (Å²) in [7, 11) is 0. The third-order valence-electron chi connectivity index (χ3n) is 12.8. The normalized spacial score (nSPS) is 35.2. The van der Waals surface area contributed by atoms with Crippen molar-refractivity contribution in [1.29, 1.82) is 0 Å². The predicted molar refractivity (Wildman–Crippen MR) is 247 cm³/mol. The van der Waals surface area contributed by atoms with Crippen molar-refractivity contribution in [3.05, 3.63) is 82.5 Å². The molecule has 26 heteroatoms. The van der Waals surface area contributed by atoms with Gasteiger partial charge in [0.15, 0.2) is 30.5 Å². The molecule has 0 aliphatic carbocycles. The maximum absolute atomic E-state index is 14.5. The van der Waals surface area contributed by atoms with Gasteiger partial charge in [-0.05, 0) is 61.9 Å². The highest BCUT2D eigenvalue weighted by molar-refractivity contribution is 5.88. The van der Waals surface area contributed by atoms with Gasteiger partial charge in [-0.25, -0.2) is 4.79 Å². The summed E-state index contributed by atoms with van der Waals surface area (Å²) in [5, 5.41) is 128. The lowest BCUT2D eigenvalue weighted by Gasteiger charge is -2.46. The summed E-state index contributed by atoms with van der Waals surface area (Å²) in [6.07, 6.45) is -29.7. The lowest BCUT2D eigenvalue weighted by atomic mass is 9.98. The molecule has 1 aromatic heterocycles. The van der Waals surface area contributed by atoms with Gasteiger partial charge in [0.05, 0.1) is 25.4 Å². The van der Waals surface area contributed by atoms with Gasteiger partial charge in [0.1, 0.15) is 101 Å². The van der Waals surface area contributed by atoms with E-state index >= 15 is 0 Å². The zero-order chi connectivity index (χ0) is 54.2. The summed E-state index contributed by atoms with van der Waals surface area (Å²) in [6, 6.07) is 12.9. The van der Waals surface area contributed by atoms with Crippen LogP contribution in [-0.4, -0.2) is 203 Å². The molecule has 0 radical (unpaired) electrons. The second-order valence-corrected chi connectivity index (χ2v) is 18.2. The number of carbonyl (C=O) groups excluding carboxylic acids is 2. The Balaban J connectivity index is 1.06. The Morgan fingerprint density at radius 2 is 1.28 bits per heavy atom. The number of phenols is 3. The van der Waals surface area contributed by atoms with E-state index in [1.807, 2.05) is 0 Å². The maximum Gasteiger partial charge on any atom is 0.331 e. The Morgan fingerprint density at radius 1 is 0.653 bits per heavy atom. The highest BCUT2D eigenvalue weighted by Gasteiger charge is 2.52. The summed E-state index contributed by atoms with van der Waals surface area (Å²) >= 11 is 0. The summed E-state index contributed by atoms with van der Waals surface area (Å²) < 4.78 is 63.4. The van der Waals surface area contributed by atoms with Gasteiger partial charge in [-0.1, -0.05) is 12.1 Å². The van der Waals surface area contributed by atoms with Crippen LogP contribution in [0, 0.1) is 0 Å². The standard InChI is InChI=1S/C49H56O26/c1-18-32(56)43(74-46-38(62)33(57)27(54)16-65-46)45(73-30(55)13-6-21-4-9-23(51)10-5-21)49(67-18)66-17-29-34(58)36(60)39(63)48(72-29)75-44-35(59)31-26(53)14-25(15-28(31)71-42(44)22-7-11-24(52)12-8-22)70-47-40(64)37(61)41(19(2)68-47)69-20(3)50/h4-15,18-19,27,29,32-34,36-41,43,45-49,51-54,56-58,60-64H,16-17H2,1-3H3/b13-6+/t18-,19-,27+,29+,32-,33-,34+,36-,37-,38+,39+,40+,41-,43+,45+,46-,47-,48-,49+/m0/s1. The van der Waals surface area contributed by atoms with Crippen LogP contribution in [0.15, 0.2) is 76.0 Å². The molecule has 4 aliphatic heterocycles. The molecule has 5 heterocycles. The fourth-order valence-corrected chi connectivity index (χ4v) is 8.66. The molecule has 0 spiro atoms. The molecule has 4 aliphatic rings. The third kappa shape index (κ3) is 12.0. The van der Waals surface area contributed by atoms with Gasteiger partial charge >= 0.3 is 11.9 Å². The Morgan fingerprint density at radius 3 is 1.96 bits per heavy atom. The first-order valence-corrected chi connectivity index (χ1v) is 23.4. The number of rotatable bonds is 14. The molecular weight excluding hydrogens is 1000 g/mol. The Hall–Kier alpha value is -6.05. The molecule has 3 aromatic carbocycles. The van der Waals surface area contributed by atoms with Crippen molar-refractivity contribution >= 4 is 29.0 Å². The fraction of sp³-hybridized carbons (Fsp3) is 0.490. The average Bonchev–Trinajstić information content (AvgIpc) is 3.37. The molecule has 4 fully saturated rings. The highest BCUT2D eigenvalue weighted by atomic mass is 16.8. The van der Waals surface area contributed by atoms with Crippen LogP contribution in [0.3, 0.4) is 0 Å². The molecule has 12 N–H and O–H groups in total. The molecular formula is C49H56O26. The Labute approximate surface area is 424 Å². The number of aliphatic hydroxyl groups excluding tert-OH is 9. The van der Waals surface area contributed by atoms with Crippen molar-refractivity contribution in [2.24, 2.45) is 0 Å². The molecule has 4 saturated heterocycles. The molecule has 75 heavy (non-hydrogen) atoms. The van der Waals surface area contributed by atoms with Crippen molar-refractivity contribution < 1.29 is 123 Å². The van der Waals surface area contributed by atoms with E-state index in [4.69, 9.17) is 51.8 Å². The number of carbonyl (C=O) groups is 2. The van der Waals surface area contributed by atoms with E-state index in [9.17, 15) is 75.7 Å². The van der Waals surface area contributed by atoms with E-state index in [2.05, 4.69) is 0 Å². The van der Waals surface area contributed by atoms with Crippen LogP contribution < -0.4 is 14.9 Å². The second-order valence-electron chi connectivity index (χ2n) is 18.2. The summed E-state index contributed by atoms with van der Waals surface area (Å²) in [5.41, 5.74) is -0.925. The largest absolute Gasteiger partial charge is 0.508 e. The van der Waals surface area contributed by atoms with E-state index < -0.39 is 170 Å². The number of benzene rings is 3. The molecule has 4 aromatic rings. The van der Waals surface area contributed by atoms with Crippen LogP contribution in [-0.2, 0) is 47.5 Å². The first-order chi connectivity index (χ1) is 35.6. The SMILES string of the molecule is CC(=O)O[C@@H]1[C@@H](O)[C@@H](O)[C@H](Oc2cc(O)c3c(=O)c(O[C@@H]4O[C@H](CO[C@@H]5O[C@@H](C)[C@H](O)[C@@H](O[C@@H]6OC[C@@H](O)[C@H](O)[C@H]6O)[C@H]5OC(=O)/C=C/c5ccc(O)cc5)[C@@H](O)[C@H](O)[C@H]4O)c(-c4ccc(O)cc4)oc3c2)O[C@H]1C. The third-order valence-corrected chi connectivity index (χ3v) is 12.8. The van der Waals surface area contributed by atoms with Crippen molar-refractivity contribution in [2.75, 3.05) is 13.2 Å². The molecule has 0 bridgehead atoms. The molecule has 19 atom stereocenters. The van der Waals surface area contributed by atoms with Crippen molar-refractivity contribution in [2.45, 2.75) is 137 Å². The van der Waals surface area contributed by atoms with Gasteiger partial charge in [-0.2, -0.15) is 0 Å². The summed E-state index contributed by atoms with van der Waals surface area (Å²) in [5.74, 6) is -4.21. The molecule has 408 valence electrons. The van der Waals surface area contributed by atoms with Crippen molar-refractivity contribution in [3.63, 3.8) is 0 Å². The molecule has 8 rings (SSSR count). The fourth-order valence-electron chi connectivity index (χ4n) is 8.66. The van der Waals surface area contributed by atoms with Gasteiger partial charge < -0.3 is 113 Å². The van der Waals surface area contributed by atoms with Gasteiger partial charge in [0.25, 0.3) is 0 Å². The summed E-state index contributed by atoms with van der Waals surface area (Å²) in [4.78, 5) is 39.4. The van der Waals surface area contributed by atoms with E-state index in [-0.39, 0.29) is 28.4 Å². The molecule has 0 unspecified atom stereocenters. The van der Waals surface area contributed by atoms with Crippen LogP contribution in [0.2, 0.25) is 0 Å². The van der Waals surface area contributed by atoms with Crippen LogP contribution >= 0.6 is 0 Å². The number of fused-ring (bicyclic) bond motifs is 1. The number of aromatic hydroxyl groups is 3. The first kappa shape index (κ1) is 55.2. The highest BCUT2D eigenvalue weighted by Crippen LogP contribution is 2.39. The zero-order valence-electron chi connectivity index (χ0n) is 39.9. The minimum atomic E-state index is -2.12. The number of ether oxygens (including phenoxy) is 10. The lowest BCUT2D eigenvalue weighted by Crippen LogP contribution is -2.64. The Bertz CT molecular complexity index is 2710. The van der Waals surface area contributed by atoms with Gasteiger partial charge in [-0.15, -0.1) is 0 Å². The maximum atomic E-state index is 14.5. The van der Waals surface area contributed by atoms with E-state index in [0.29, 0.717) is 5.56 Å². The molecule has 26 nitrogen and oxygen atoms in total. The average molecular weight is 1060 g/mol. The number of hydrogen-bond donors (Lipinski definition) is 12. The predicted octanol–water partition coefficient (Wildman–Crippen LogP) is -1.89. The minimum absolute atomic E-state index is 0.0409. The zero-order valence-corrected chi connectivity index (χ0v) is 39.9. The van der Waals surface area contributed by atoms with Gasteiger partial charge in [0.2, 0.25) is 23.8 Å². The number of esters is 2. The molecule has 0 amide bonds. The Kier molecular flexibility index (Phi) is 17.0. The number of aliphatic hydroxyl groups is 9. The van der Waals surface area contributed by atoms with E-state index in [0.717, 1.165) is 25.1 Å². The second kappa shape index (κ2) is 23.1. The number of hydrogen-bond acceptors (Lipinski definition) is 26. The van der Waals surface area contributed by atoms with Crippen molar-refractivity contribution in [1.82, 2.24) is 0 Å². The molecule has 0 saturated carbocycles. The van der Waals surface area contributed by atoms with Crippen molar-refractivity contribution in [3.8, 4) is 40.1 Å². The first-order valence-electron chi connectivity index (χ1n) is 23.4. The monoisotopic (exact) mass is 1060 g/mol. The number of phenolic OH excluding ortho intramolecular Hbond substituents is 3. The van der Waals surface area contributed by atoms with Crippen LogP contribution in [0.4, 0.5) is 0 Å². The summed E-state index contributed by atoms with van der Waals surface area (Å²) in [6.45, 7) is 2.64. The van der Waals surface area contributed by atoms with E-state index in [1.54, 1.807) is 0 Å².